The van der Waals surface area contributed by atoms with Crippen molar-refractivity contribution in [2.75, 3.05) is 45.9 Å². The SMILES string of the molecule is Nc1ccc(-c2ccc(N)c(N)c2N)cc1.Nc1ccc(-c2ccc(N)c(N)c2N)cc1. The summed E-state index contributed by atoms with van der Waals surface area (Å²) in [5.74, 6) is 0. The molecule has 0 spiro atoms. The number of anilines is 8. The van der Waals surface area contributed by atoms with Crippen molar-refractivity contribution >= 4 is 45.5 Å². The minimum Gasteiger partial charge on any atom is -0.399 e. The van der Waals surface area contributed by atoms with E-state index in [2.05, 4.69) is 0 Å². The van der Waals surface area contributed by atoms with Gasteiger partial charge in [-0.15, -0.1) is 0 Å². The maximum absolute atomic E-state index is 5.92. The van der Waals surface area contributed by atoms with Crippen LogP contribution in [0, 0.1) is 0 Å². The van der Waals surface area contributed by atoms with Crippen molar-refractivity contribution in [3.8, 4) is 22.3 Å². The first kappa shape index (κ1) is 22.0. The van der Waals surface area contributed by atoms with Crippen LogP contribution in [-0.4, -0.2) is 0 Å². The van der Waals surface area contributed by atoms with Crippen LogP contribution in [0.5, 0.6) is 0 Å². The van der Waals surface area contributed by atoms with Gasteiger partial charge in [-0.1, -0.05) is 36.4 Å². The highest BCUT2D eigenvalue weighted by Crippen LogP contribution is 2.35. The van der Waals surface area contributed by atoms with Gasteiger partial charge in [-0.05, 0) is 47.5 Å². The van der Waals surface area contributed by atoms with Crippen LogP contribution in [0.15, 0.2) is 72.8 Å². The molecule has 32 heavy (non-hydrogen) atoms. The first-order valence-corrected chi connectivity index (χ1v) is 9.77. The third-order valence-electron chi connectivity index (χ3n) is 5.09. The van der Waals surface area contributed by atoms with Crippen LogP contribution in [0.1, 0.15) is 0 Å². The summed E-state index contributed by atoms with van der Waals surface area (Å²) >= 11 is 0. The van der Waals surface area contributed by atoms with Crippen molar-refractivity contribution in [1.82, 2.24) is 0 Å². The molecule has 4 rings (SSSR count). The smallest absolute Gasteiger partial charge is 0.0787 e. The minimum absolute atomic E-state index is 0.425. The Morgan fingerprint density at radius 2 is 0.625 bits per heavy atom. The largest absolute Gasteiger partial charge is 0.399 e. The van der Waals surface area contributed by atoms with E-state index in [0.29, 0.717) is 45.5 Å². The van der Waals surface area contributed by atoms with E-state index < -0.39 is 0 Å². The highest BCUT2D eigenvalue weighted by molar-refractivity contribution is 5.91. The van der Waals surface area contributed by atoms with E-state index in [1.165, 1.54) is 0 Å². The lowest BCUT2D eigenvalue weighted by molar-refractivity contribution is 1.59. The predicted octanol–water partition coefficient (Wildman–Crippen LogP) is 3.36. The highest BCUT2D eigenvalue weighted by Gasteiger charge is 2.08. The Morgan fingerprint density at radius 3 is 0.938 bits per heavy atom. The first-order valence-electron chi connectivity index (χ1n) is 9.77. The first-order chi connectivity index (χ1) is 15.2. The van der Waals surface area contributed by atoms with E-state index in [4.69, 9.17) is 45.9 Å². The molecule has 4 aromatic carbocycles. The zero-order valence-electron chi connectivity index (χ0n) is 17.5. The molecule has 0 fully saturated rings. The maximum atomic E-state index is 5.92. The molecule has 0 radical (unpaired) electrons. The summed E-state index contributed by atoms with van der Waals surface area (Å²) < 4.78 is 0. The Bertz CT molecular complexity index is 1130. The van der Waals surface area contributed by atoms with E-state index in [1.54, 1.807) is 12.1 Å². The van der Waals surface area contributed by atoms with E-state index in [1.807, 2.05) is 60.7 Å². The topological polar surface area (TPSA) is 208 Å². The van der Waals surface area contributed by atoms with E-state index in [-0.39, 0.29) is 0 Å². The number of hydrogen-bond acceptors (Lipinski definition) is 8. The number of nitrogens with two attached hydrogens (primary N) is 8. The second-order valence-corrected chi connectivity index (χ2v) is 7.30. The molecular weight excluding hydrogens is 400 g/mol. The molecule has 0 aliphatic heterocycles. The van der Waals surface area contributed by atoms with Crippen molar-refractivity contribution < 1.29 is 0 Å². The Balaban J connectivity index is 0.000000181. The van der Waals surface area contributed by atoms with Crippen molar-refractivity contribution in [3.63, 3.8) is 0 Å². The Kier molecular flexibility index (Phi) is 6.16. The zero-order chi connectivity index (χ0) is 23.4. The highest BCUT2D eigenvalue weighted by atomic mass is 14.7. The summed E-state index contributed by atoms with van der Waals surface area (Å²) in [5, 5.41) is 0. The minimum atomic E-state index is 0.425. The molecule has 4 aromatic rings. The molecule has 16 N–H and O–H groups in total. The second kappa shape index (κ2) is 8.97. The molecule has 0 amide bonds. The van der Waals surface area contributed by atoms with Crippen molar-refractivity contribution in [2.45, 2.75) is 0 Å². The van der Waals surface area contributed by atoms with E-state index >= 15 is 0 Å². The van der Waals surface area contributed by atoms with Gasteiger partial charge in [0.25, 0.3) is 0 Å². The fourth-order valence-electron chi connectivity index (χ4n) is 3.14. The molecule has 0 bridgehead atoms. The van der Waals surface area contributed by atoms with Gasteiger partial charge in [0.05, 0.1) is 34.1 Å². The van der Waals surface area contributed by atoms with Gasteiger partial charge in [0.15, 0.2) is 0 Å². The van der Waals surface area contributed by atoms with Gasteiger partial charge < -0.3 is 45.9 Å². The maximum Gasteiger partial charge on any atom is 0.0787 e. The normalized spacial score (nSPS) is 10.2. The summed E-state index contributed by atoms with van der Waals surface area (Å²) in [4.78, 5) is 0. The quantitative estimate of drug-likeness (QED) is 0.221. The number of benzene rings is 4. The third-order valence-corrected chi connectivity index (χ3v) is 5.09. The lowest BCUT2D eigenvalue weighted by Crippen LogP contribution is -2.01. The van der Waals surface area contributed by atoms with Crippen LogP contribution in [0.2, 0.25) is 0 Å². The van der Waals surface area contributed by atoms with Crippen molar-refractivity contribution in [3.05, 3.63) is 72.8 Å². The molecule has 0 aromatic heterocycles. The second-order valence-electron chi connectivity index (χ2n) is 7.30. The summed E-state index contributed by atoms with van der Waals surface area (Å²) in [5.41, 5.74) is 53.9. The van der Waals surface area contributed by atoms with Crippen LogP contribution in [0.4, 0.5) is 45.5 Å². The van der Waals surface area contributed by atoms with Crippen molar-refractivity contribution in [1.29, 1.82) is 0 Å². The Hall–Kier alpha value is -4.72. The summed E-state index contributed by atoms with van der Waals surface area (Å²) in [7, 11) is 0. The number of rotatable bonds is 2. The van der Waals surface area contributed by atoms with Crippen LogP contribution in [-0.2, 0) is 0 Å². The van der Waals surface area contributed by atoms with Crippen LogP contribution in [0.25, 0.3) is 22.3 Å². The molecular formula is C24H28N8. The fraction of sp³-hybridized carbons (Fsp3) is 0. The van der Waals surface area contributed by atoms with Crippen LogP contribution in [0.3, 0.4) is 0 Å². The molecule has 0 atom stereocenters. The van der Waals surface area contributed by atoms with Crippen molar-refractivity contribution in [2.24, 2.45) is 0 Å². The van der Waals surface area contributed by atoms with Gasteiger partial charge >= 0.3 is 0 Å². The molecule has 0 heterocycles. The molecule has 8 heteroatoms. The van der Waals surface area contributed by atoms with Gasteiger partial charge in [-0.3, -0.25) is 0 Å². The van der Waals surface area contributed by atoms with Gasteiger partial charge in [0.1, 0.15) is 0 Å². The molecule has 164 valence electrons. The zero-order valence-corrected chi connectivity index (χ0v) is 17.5. The predicted molar refractivity (Wildman–Crippen MR) is 139 cm³/mol. The lowest BCUT2D eigenvalue weighted by Gasteiger charge is -2.10. The molecule has 0 saturated carbocycles. The average Bonchev–Trinajstić information content (AvgIpc) is 2.78. The van der Waals surface area contributed by atoms with E-state index in [0.717, 1.165) is 22.3 Å². The standard InChI is InChI=1S/2C12H14N4/c2*13-8-3-1-7(2-4-8)9-5-6-10(14)12(16)11(9)15/h2*1-6H,13-16H2. The van der Waals surface area contributed by atoms with Gasteiger partial charge in [-0.2, -0.15) is 0 Å². The average molecular weight is 429 g/mol. The monoisotopic (exact) mass is 428 g/mol. The van der Waals surface area contributed by atoms with Gasteiger partial charge in [0.2, 0.25) is 0 Å². The Morgan fingerprint density at radius 1 is 0.312 bits per heavy atom. The van der Waals surface area contributed by atoms with Gasteiger partial charge in [-0.25, -0.2) is 0 Å². The Labute approximate surface area is 186 Å². The van der Waals surface area contributed by atoms with Crippen LogP contribution >= 0.6 is 0 Å². The summed E-state index contributed by atoms with van der Waals surface area (Å²) in [6.45, 7) is 0. The summed E-state index contributed by atoms with van der Waals surface area (Å²) in [6.07, 6.45) is 0. The van der Waals surface area contributed by atoms with Crippen LogP contribution < -0.4 is 45.9 Å². The number of nitrogen functional groups attached to an aromatic ring is 8. The lowest BCUT2D eigenvalue weighted by atomic mass is 10.0. The summed E-state index contributed by atoms with van der Waals surface area (Å²) in [6, 6.07) is 22.1. The fourth-order valence-corrected chi connectivity index (χ4v) is 3.14. The molecule has 0 unspecified atom stereocenters. The molecule has 8 nitrogen and oxygen atoms in total. The third kappa shape index (κ3) is 4.54. The number of hydrogen-bond donors (Lipinski definition) is 8. The molecule has 0 aliphatic rings. The molecule has 0 saturated heterocycles. The van der Waals surface area contributed by atoms with E-state index in [9.17, 15) is 0 Å². The molecule has 0 aliphatic carbocycles. The van der Waals surface area contributed by atoms with Gasteiger partial charge in [0, 0.05) is 22.5 Å².